The molecule has 2 aromatic carbocycles. The van der Waals surface area contributed by atoms with E-state index in [1.165, 1.54) is 6.08 Å². The van der Waals surface area contributed by atoms with E-state index < -0.39 is 18.2 Å². The lowest BCUT2D eigenvalue weighted by Gasteiger charge is -2.19. The fourth-order valence-corrected chi connectivity index (χ4v) is 3.69. The van der Waals surface area contributed by atoms with Crippen LogP contribution in [0.15, 0.2) is 62.0 Å². The summed E-state index contributed by atoms with van der Waals surface area (Å²) in [7, 11) is 0. The van der Waals surface area contributed by atoms with Gasteiger partial charge in [0.2, 0.25) is 0 Å². The van der Waals surface area contributed by atoms with E-state index in [2.05, 4.69) is 53.1 Å². The summed E-state index contributed by atoms with van der Waals surface area (Å²) in [6.07, 6.45) is 0.740. The van der Waals surface area contributed by atoms with Gasteiger partial charge in [0.1, 0.15) is 11.9 Å². The number of ether oxygens (including phenoxy) is 1. The number of aliphatic carboxylic acids is 1. The van der Waals surface area contributed by atoms with E-state index in [0.717, 1.165) is 10.5 Å². The first-order valence-corrected chi connectivity index (χ1v) is 9.94. The van der Waals surface area contributed by atoms with E-state index >= 15 is 0 Å². The summed E-state index contributed by atoms with van der Waals surface area (Å²) in [6.45, 7) is 0. The van der Waals surface area contributed by atoms with E-state index in [4.69, 9.17) is 9.84 Å². The molecule has 2 aromatic rings. The smallest absolute Gasteiger partial charge is 0.412 e. The number of carbonyl (C=O) groups is 2. The zero-order valence-electron chi connectivity index (χ0n) is 13.7. The molecule has 6 nitrogen and oxygen atoms in total. The quantitative estimate of drug-likeness (QED) is 0.375. The van der Waals surface area contributed by atoms with Crippen LogP contribution in [-0.4, -0.2) is 22.3 Å². The van der Waals surface area contributed by atoms with E-state index in [0.29, 0.717) is 20.2 Å². The van der Waals surface area contributed by atoms with Gasteiger partial charge in [-0.15, -0.1) is 0 Å². The maximum Gasteiger partial charge on any atom is 0.412 e. The Hall–Kier alpha value is -1.84. The topological polar surface area (TPSA) is 95.9 Å². The third kappa shape index (κ3) is 6.67. The van der Waals surface area contributed by atoms with Gasteiger partial charge < -0.3 is 14.9 Å². The highest BCUT2D eigenvalue weighted by molar-refractivity contribution is 9.11. The van der Waals surface area contributed by atoms with Crippen molar-refractivity contribution in [1.29, 1.82) is 0 Å². The van der Waals surface area contributed by atoms with Crippen molar-refractivity contribution in [2.75, 3.05) is 5.32 Å². The molecule has 2 rings (SSSR count). The molecule has 0 aliphatic rings. The molecule has 9 heteroatoms. The Morgan fingerprint density at radius 3 is 2.41 bits per heavy atom. The van der Waals surface area contributed by atoms with Gasteiger partial charge in [0.25, 0.3) is 0 Å². The van der Waals surface area contributed by atoms with Gasteiger partial charge in [0, 0.05) is 32.7 Å². The number of hydrogen-bond donors (Lipinski definition) is 3. The average Bonchev–Trinajstić information content (AvgIpc) is 2.59. The Labute approximate surface area is 180 Å². The summed E-state index contributed by atoms with van der Waals surface area (Å²) in [4.78, 5) is 23.0. The van der Waals surface area contributed by atoms with Crippen LogP contribution in [0.4, 0.5) is 10.5 Å². The molecule has 142 valence electrons. The Morgan fingerprint density at radius 1 is 1.11 bits per heavy atom. The molecule has 1 atom stereocenters. The van der Waals surface area contributed by atoms with Crippen molar-refractivity contribution in [2.24, 2.45) is 0 Å². The SMILES string of the molecule is O=C(O)/C=C/C[C@@H](OC(=O)Nc1ccc(Br)cc1)c1cc(Br)cc(Br)c1O. The first-order chi connectivity index (χ1) is 12.8. The molecule has 0 unspecified atom stereocenters. The normalized spacial score (nSPS) is 12.0. The van der Waals surface area contributed by atoms with Gasteiger partial charge in [-0.3, -0.25) is 5.32 Å². The van der Waals surface area contributed by atoms with Crippen molar-refractivity contribution in [3.63, 3.8) is 0 Å². The molecule has 27 heavy (non-hydrogen) atoms. The van der Waals surface area contributed by atoms with Gasteiger partial charge in [-0.25, -0.2) is 9.59 Å². The number of hydrogen-bond acceptors (Lipinski definition) is 4. The predicted molar refractivity (Wildman–Crippen MR) is 112 cm³/mol. The van der Waals surface area contributed by atoms with Crippen LogP contribution >= 0.6 is 47.8 Å². The number of rotatable bonds is 6. The van der Waals surface area contributed by atoms with Crippen molar-refractivity contribution in [3.05, 3.63) is 67.5 Å². The maximum absolute atomic E-state index is 12.3. The number of phenolic OH excluding ortho intramolecular Hbond substituents is 1. The van der Waals surface area contributed by atoms with Gasteiger partial charge in [0.15, 0.2) is 0 Å². The van der Waals surface area contributed by atoms with Crippen molar-refractivity contribution in [3.8, 4) is 5.75 Å². The van der Waals surface area contributed by atoms with Crippen molar-refractivity contribution < 1.29 is 24.5 Å². The van der Waals surface area contributed by atoms with Gasteiger partial charge >= 0.3 is 12.1 Å². The highest BCUT2D eigenvalue weighted by Gasteiger charge is 2.21. The van der Waals surface area contributed by atoms with E-state index in [9.17, 15) is 14.7 Å². The molecule has 0 radical (unpaired) electrons. The molecule has 0 bridgehead atoms. The predicted octanol–water partition coefficient (Wildman–Crippen LogP) is 6.00. The lowest BCUT2D eigenvalue weighted by Crippen LogP contribution is -2.17. The Kier molecular flexibility index (Phi) is 7.88. The number of amides is 1. The number of carboxylic acids is 1. The molecule has 0 saturated heterocycles. The molecule has 1 amide bonds. The summed E-state index contributed by atoms with van der Waals surface area (Å²) in [6, 6.07) is 10.2. The lowest BCUT2D eigenvalue weighted by molar-refractivity contribution is -0.131. The Bertz CT molecular complexity index is 868. The first-order valence-electron chi connectivity index (χ1n) is 7.57. The number of carbonyl (C=O) groups excluding carboxylic acids is 1. The van der Waals surface area contributed by atoms with Crippen LogP contribution in [0, 0.1) is 0 Å². The van der Waals surface area contributed by atoms with Crippen LogP contribution in [0.2, 0.25) is 0 Å². The average molecular weight is 564 g/mol. The Balaban J connectivity index is 2.23. The summed E-state index contributed by atoms with van der Waals surface area (Å²) in [5, 5.41) is 21.7. The zero-order valence-corrected chi connectivity index (χ0v) is 18.4. The van der Waals surface area contributed by atoms with Crippen LogP contribution < -0.4 is 5.32 Å². The number of benzene rings is 2. The number of aromatic hydroxyl groups is 1. The minimum atomic E-state index is -1.12. The molecule has 0 heterocycles. The number of phenols is 1. The number of carboxylic acid groups (broad SMARTS) is 1. The van der Waals surface area contributed by atoms with Gasteiger partial charge in [-0.05, 0) is 52.3 Å². The Morgan fingerprint density at radius 2 is 1.78 bits per heavy atom. The first kappa shape index (κ1) is 21.5. The highest BCUT2D eigenvalue weighted by Crippen LogP contribution is 2.38. The summed E-state index contributed by atoms with van der Waals surface area (Å²) in [5.41, 5.74) is 0.861. The second-order valence-corrected chi connectivity index (χ2v) is 8.01. The lowest BCUT2D eigenvalue weighted by atomic mass is 10.0. The fourth-order valence-electron chi connectivity index (χ4n) is 2.17. The minimum absolute atomic E-state index is 0.0660. The third-order valence-electron chi connectivity index (χ3n) is 3.36. The second kappa shape index (κ2) is 9.91. The molecule has 0 fully saturated rings. The zero-order chi connectivity index (χ0) is 20.0. The van der Waals surface area contributed by atoms with Crippen LogP contribution in [0.1, 0.15) is 18.1 Å². The largest absolute Gasteiger partial charge is 0.506 e. The number of halogens is 3. The number of anilines is 1. The van der Waals surface area contributed by atoms with E-state index in [1.807, 2.05) is 0 Å². The minimum Gasteiger partial charge on any atom is -0.506 e. The second-order valence-electron chi connectivity index (χ2n) is 5.33. The third-order valence-corrected chi connectivity index (χ3v) is 4.95. The summed E-state index contributed by atoms with van der Waals surface area (Å²) in [5.74, 6) is -1.21. The summed E-state index contributed by atoms with van der Waals surface area (Å²) < 4.78 is 7.37. The van der Waals surface area contributed by atoms with Crippen molar-refractivity contribution >= 4 is 65.5 Å². The number of nitrogens with one attached hydrogen (secondary N) is 1. The fraction of sp³-hybridized carbons (Fsp3) is 0.111. The van der Waals surface area contributed by atoms with E-state index in [1.54, 1.807) is 36.4 Å². The maximum atomic E-state index is 12.3. The van der Waals surface area contributed by atoms with Gasteiger partial charge in [0.05, 0.1) is 4.47 Å². The van der Waals surface area contributed by atoms with Gasteiger partial charge in [-0.1, -0.05) is 37.9 Å². The highest BCUT2D eigenvalue weighted by atomic mass is 79.9. The van der Waals surface area contributed by atoms with Crippen LogP contribution in [0.25, 0.3) is 0 Å². The van der Waals surface area contributed by atoms with Crippen LogP contribution in [0.3, 0.4) is 0 Å². The molecule has 0 aromatic heterocycles. The molecular weight excluding hydrogens is 550 g/mol. The van der Waals surface area contributed by atoms with Gasteiger partial charge in [-0.2, -0.15) is 0 Å². The molecule has 0 spiro atoms. The monoisotopic (exact) mass is 561 g/mol. The van der Waals surface area contributed by atoms with Crippen LogP contribution in [-0.2, 0) is 9.53 Å². The molecule has 3 N–H and O–H groups in total. The molecule has 0 aliphatic heterocycles. The van der Waals surface area contributed by atoms with Crippen molar-refractivity contribution in [1.82, 2.24) is 0 Å². The summed E-state index contributed by atoms with van der Waals surface area (Å²) >= 11 is 9.86. The standard InChI is InChI=1S/C18H14Br3NO5/c19-10-4-6-12(7-5-10)22-18(26)27-15(2-1-3-16(23)24)13-8-11(20)9-14(21)17(13)25/h1,3-9,15,25H,2H2,(H,22,26)(H,23,24)/b3-1+/t15-/m1/s1. The molecule has 0 aliphatic carbocycles. The molecular formula is C18H14Br3NO5. The van der Waals surface area contributed by atoms with Crippen LogP contribution in [0.5, 0.6) is 5.75 Å². The molecule has 0 saturated carbocycles. The van der Waals surface area contributed by atoms with Crippen molar-refractivity contribution in [2.45, 2.75) is 12.5 Å². The van der Waals surface area contributed by atoms with E-state index in [-0.39, 0.29) is 12.2 Å².